The molecular weight excluding hydrogens is 314 g/mol. The second kappa shape index (κ2) is 6.20. The summed E-state index contributed by atoms with van der Waals surface area (Å²) < 4.78 is 0. The minimum absolute atomic E-state index is 0.428. The van der Waals surface area contributed by atoms with Crippen molar-refractivity contribution in [3.8, 4) is 11.1 Å². The van der Waals surface area contributed by atoms with Crippen molar-refractivity contribution in [3.63, 3.8) is 0 Å². The molecule has 0 spiro atoms. The molecule has 3 heterocycles. The van der Waals surface area contributed by atoms with E-state index >= 15 is 0 Å². The molecule has 4 rings (SSSR count). The van der Waals surface area contributed by atoms with Gasteiger partial charge in [0.15, 0.2) is 0 Å². The highest BCUT2D eigenvalue weighted by Crippen LogP contribution is 2.35. The van der Waals surface area contributed by atoms with Gasteiger partial charge in [-0.15, -0.1) is 0 Å². The maximum absolute atomic E-state index is 11.5. The Morgan fingerprint density at radius 3 is 3.04 bits per heavy atom. The molecule has 3 N–H and O–H groups in total. The van der Waals surface area contributed by atoms with Crippen molar-refractivity contribution in [1.29, 1.82) is 0 Å². The van der Waals surface area contributed by atoms with Crippen molar-refractivity contribution in [2.75, 3.05) is 18.0 Å². The van der Waals surface area contributed by atoms with Crippen LogP contribution in [0.15, 0.2) is 36.8 Å². The normalized spacial score (nSPS) is 17.8. The lowest BCUT2D eigenvalue weighted by molar-refractivity contribution is 0.100. The molecule has 1 fully saturated rings. The van der Waals surface area contributed by atoms with E-state index in [2.05, 4.69) is 26.8 Å². The fourth-order valence-electron chi connectivity index (χ4n) is 3.64. The molecule has 1 atom stereocenters. The molecule has 6 heteroatoms. The van der Waals surface area contributed by atoms with E-state index in [-0.39, 0.29) is 0 Å². The molecule has 0 bridgehead atoms. The van der Waals surface area contributed by atoms with Gasteiger partial charge in [-0.1, -0.05) is 19.1 Å². The Morgan fingerprint density at radius 1 is 1.36 bits per heavy atom. The predicted molar refractivity (Wildman–Crippen MR) is 98.5 cm³/mol. The number of H-pyrrole nitrogens is 1. The number of aromatic nitrogens is 3. The molecule has 1 unspecified atom stereocenters. The first kappa shape index (κ1) is 15.6. The number of hydrogen-bond acceptors (Lipinski definition) is 4. The minimum Gasteiger partial charge on any atom is -0.366 e. The third-order valence-corrected chi connectivity index (χ3v) is 4.86. The van der Waals surface area contributed by atoms with Crippen LogP contribution in [0.3, 0.4) is 0 Å². The zero-order chi connectivity index (χ0) is 17.4. The number of amides is 1. The molecule has 6 nitrogen and oxygen atoms in total. The molecule has 1 aliphatic heterocycles. The molecule has 0 saturated carbocycles. The van der Waals surface area contributed by atoms with E-state index in [0.29, 0.717) is 11.5 Å². The average molecular weight is 335 g/mol. The van der Waals surface area contributed by atoms with Crippen LogP contribution < -0.4 is 10.6 Å². The van der Waals surface area contributed by atoms with E-state index in [9.17, 15) is 4.79 Å². The highest BCUT2D eigenvalue weighted by atomic mass is 16.1. The largest absolute Gasteiger partial charge is 0.366 e. The summed E-state index contributed by atoms with van der Waals surface area (Å²) in [4.78, 5) is 26.0. The van der Waals surface area contributed by atoms with Crippen LogP contribution in [0.5, 0.6) is 0 Å². The van der Waals surface area contributed by atoms with Gasteiger partial charge in [0.05, 0.1) is 5.39 Å². The van der Waals surface area contributed by atoms with Crippen LogP contribution in [-0.2, 0) is 0 Å². The summed E-state index contributed by atoms with van der Waals surface area (Å²) in [6.45, 7) is 4.28. The van der Waals surface area contributed by atoms with Gasteiger partial charge in [-0.25, -0.2) is 9.97 Å². The molecule has 1 aromatic carbocycles. The SMILES string of the molecule is CC1CCCN(c2ncnc3[nH]cc(-c4cccc(C(N)=O)c4)c23)C1. The summed E-state index contributed by atoms with van der Waals surface area (Å²) in [5.74, 6) is 1.18. The zero-order valence-corrected chi connectivity index (χ0v) is 14.2. The monoisotopic (exact) mass is 335 g/mol. The van der Waals surface area contributed by atoms with Crippen LogP contribution in [0.1, 0.15) is 30.1 Å². The van der Waals surface area contributed by atoms with Crippen molar-refractivity contribution in [2.24, 2.45) is 11.7 Å². The second-order valence-corrected chi connectivity index (χ2v) is 6.76. The fourth-order valence-corrected chi connectivity index (χ4v) is 3.64. The highest BCUT2D eigenvalue weighted by Gasteiger charge is 2.22. The van der Waals surface area contributed by atoms with Crippen LogP contribution in [0.4, 0.5) is 5.82 Å². The molecule has 25 heavy (non-hydrogen) atoms. The number of nitrogens with one attached hydrogen (secondary N) is 1. The van der Waals surface area contributed by atoms with E-state index in [1.54, 1.807) is 12.4 Å². The summed E-state index contributed by atoms with van der Waals surface area (Å²) in [5.41, 5.74) is 8.66. The number of carbonyl (C=O) groups excluding carboxylic acids is 1. The molecule has 0 aliphatic carbocycles. The maximum atomic E-state index is 11.5. The van der Waals surface area contributed by atoms with Crippen LogP contribution in [-0.4, -0.2) is 33.9 Å². The highest BCUT2D eigenvalue weighted by molar-refractivity contribution is 6.02. The number of carbonyl (C=O) groups is 1. The molecule has 1 aliphatic rings. The van der Waals surface area contributed by atoms with Gasteiger partial charge in [0.1, 0.15) is 17.8 Å². The molecular formula is C19H21N5O. The number of anilines is 1. The number of benzene rings is 1. The number of hydrogen-bond donors (Lipinski definition) is 2. The van der Waals surface area contributed by atoms with E-state index in [1.807, 2.05) is 24.4 Å². The van der Waals surface area contributed by atoms with Crippen molar-refractivity contribution >= 4 is 22.8 Å². The van der Waals surface area contributed by atoms with Crippen molar-refractivity contribution in [2.45, 2.75) is 19.8 Å². The Labute approximate surface area is 146 Å². The van der Waals surface area contributed by atoms with Gasteiger partial charge >= 0.3 is 0 Å². The quantitative estimate of drug-likeness (QED) is 0.770. The van der Waals surface area contributed by atoms with Gasteiger partial charge in [-0.3, -0.25) is 4.79 Å². The van der Waals surface area contributed by atoms with Crippen LogP contribution in [0.2, 0.25) is 0 Å². The Hall–Kier alpha value is -2.89. The van der Waals surface area contributed by atoms with Gasteiger partial charge in [-0.2, -0.15) is 0 Å². The van der Waals surface area contributed by atoms with Crippen molar-refractivity contribution in [3.05, 3.63) is 42.4 Å². The van der Waals surface area contributed by atoms with E-state index in [0.717, 1.165) is 41.1 Å². The number of aromatic amines is 1. The van der Waals surface area contributed by atoms with Gasteiger partial charge < -0.3 is 15.6 Å². The first-order valence-corrected chi connectivity index (χ1v) is 8.61. The molecule has 1 saturated heterocycles. The smallest absolute Gasteiger partial charge is 0.248 e. The van der Waals surface area contributed by atoms with E-state index in [4.69, 9.17) is 5.73 Å². The third kappa shape index (κ3) is 2.84. The third-order valence-electron chi connectivity index (χ3n) is 4.86. The molecule has 1 amide bonds. The lowest BCUT2D eigenvalue weighted by Gasteiger charge is -2.32. The summed E-state index contributed by atoms with van der Waals surface area (Å²) in [6, 6.07) is 7.37. The average Bonchev–Trinajstić information content (AvgIpc) is 3.06. The number of nitrogens with zero attached hydrogens (tertiary/aromatic N) is 3. The van der Waals surface area contributed by atoms with Gasteiger partial charge in [0.25, 0.3) is 0 Å². The number of rotatable bonds is 3. The number of nitrogens with two attached hydrogens (primary N) is 1. The van der Waals surface area contributed by atoms with Gasteiger partial charge in [0.2, 0.25) is 5.91 Å². The number of primary amides is 1. The lowest BCUT2D eigenvalue weighted by atomic mass is 9.99. The number of piperidine rings is 1. The number of fused-ring (bicyclic) bond motifs is 1. The van der Waals surface area contributed by atoms with Crippen molar-refractivity contribution in [1.82, 2.24) is 15.0 Å². The van der Waals surface area contributed by atoms with E-state index < -0.39 is 5.91 Å². The molecule has 0 radical (unpaired) electrons. The van der Waals surface area contributed by atoms with Crippen LogP contribution in [0.25, 0.3) is 22.2 Å². The first-order chi connectivity index (χ1) is 12.1. The van der Waals surface area contributed by atoms with Crippen LogP contribution in [0, 0.1) is 5.92 Å². The standard InChI is InChI=1S/C19H21N5O/c1-12-4-3-7-24(10-12)19-16-15(9-21-18(16)22-11-23-19)13-5-2-6-14(8-13)17(20)25/h2,5-6,8-9,11-12H,3-4,7,10H2,1H3,(H2,20,25)(H,21,22,23). The fraction of sp³-hybridized carbons (Fsp3) is 0.316. The Balaban J connectivity index is 1.85. The second-order valence-electron chi connectivity index (χ2n) is 6.76. The lowest BCUT2D eigenvalue weighted by Crippen LogP contribution is -2.35. The summed E-state index contributed by atoms with van der Waals surface area (Å²) in [5, 5.41) is 0.998. The predicted octanol–water partition coefficient (Wildman–Crippen LogP) is 2.96. The maximum Gasteiger partial charge on any atom is 0.248 e. The summed E-state index contributed by atoms with van der Waals surface area (Å²) >= 11 is 0. The first-order valence-electron chi connectivity index (χ1n) is 8.61. The molecule has 2 aromatic heterocycles. The molecule has 128 valence electrons. The topological polar surface area (TPSA) is 87.9 Å². The summed E-state index contributed by atoms with van der Waals surface area (Å²) in [6.07, 6.45) is 5.96. The Morgan fingerprint density at radius 2 is 2.24 bits per heavy atom. The van der Waals surface area contributed by atoms with Gasteiger partial charge in [-0.05, 0) is 36.5 Å². The zero-order valence-electron chi connectivity index (χ0n) is 14.2. The molecule has 3 aromatic rings. The minimum atomic E-state index is -0.428. The Kier molecular flexibility index (Phi) is 3.87. The summed E-state index contributed by atoms with van der Waals surface area (Å²) in [7, 11) is 0. The van der Waals surface area contributed by atoms with Gasteiger partial charge in [0, 0.05) is 30.4 Å². The van der Waals surface area contributed by atoms with Crippen LogP contribution >= 0.6 is 0 Å². The van der Waals surface area contributed by atoms with E-state index in [1.165, 1.54) is 12.8 Å². The van der Waals surface area contributed by atoms with Crippen molar-refractivity contribution < 1.29 is 4.79 Å². The Bertz CT molecular complexity index is 932.